The molecule has 22 heavy (non-hydrogen) atoms. The van der Waals surface area contributed by atoms with Gasteiger partial charge >= 0.3 is 5.69 Å². The zero-order chi connectivity index (χ0) is 16.2. The molecule has 0 saturated carbocycles. The van der Waals surface area contributed by atoms with Crippen LogP contribution in [0.5, 0.6) is 0 Å². The van der Waals surface area contributed by atoms with Gasteiger partial charge in [0, 0.05) is 20.9 Å². The van der Waals surface area contributed by atoms with Crippen LogP contribution in [0, 0.1) is 10.1 Å². The topological polar surface area (TPSA) is 83.1 Å². The van der Waals surface area contributed by atoms with Crippen LogP contribution in [0.1, 0.15) is 0 Å². The first-order valence-corrected chi connectivity index (χ1v) is 10.8. The molecule has 0 aliphatic carbocycles. The molecular formula is C14H20N4O3Si. The molecule has 0 atom stereocenters. The number of pyridine rings is 1. The summed E-state index contributed by atoms with van der Waals surface area (Å²) in [4.78, 5) is 14.8. The lowest BCUT2D eigenvalue weighted by atomic mass is 10.2. The monoisotopic (exact) mass is 320 g/mol. The number of nitrogens with zero attached hydrogens (tertiary/aromatic N) is 4. The summed E-state index contributed by atoms with van der Waals surface area (Å²) in [5.41, 5.74) is 0.682. The van der Waals surface area contributed by atoms with Crippen molar-refractivity contribution in [2.45, 2.75) is 32.4 Å². The van der Waals surface area contributed by atoms with Crippen LogP contribution in [-0.4, -0.2) is 34.4 Å². The SMILES string of the molecule is C[Si](C)(C)CCOCn1cc([N+](=O)[O-])c(-c2ccccn2)n1. The lowest BCUT2D eigenvalue weighted by Crippen LogP contribution is -2.22. The van der Waals surface area contributed by atoms with Gasteiger partial charge in [0.2, 0.25) is 0 Å². The van der Waals surface area contributed by atoms with E-state index in [0.29, 0.717) is 12.3 Å². The van der Waals surface area contributed by atoms with E-state index in [2.05, 4.69) is 29.7 Å². The van der Waals surface area contributed by atoms with Crippen molar-refractivity contribution in [1.29, 1.82) is 0 Å². The summed E-state index contributed by atoms with van der Waals surface area (Å²) in [6, 6.07) is 6.27. The first kappa shape index (κ1) is 16.3. The summed E-state index contributed by atoms with van der Waals surface area (Å²) in [5, 5.41) is 15.4. The van der Waals surface area contributed by atoms with E-state index in [9.17, 15) is 10.1 Å². The molecule has 2 rings (SSSR count). The van der Waals surface area contributed by atoms with E-state index in [1.165, 1.54) is 10.9 Å². The van der Waals surface area contributed by atoms with Gasteiger partial charge in [0.25, 0.3) is 0 Å². The molecule has 2 aromatic heterocycles. The standard InChI is InChI=1S/C14H20N4O3Si/c1-22(2,3)9-8-21-11-17-10-13(18(19)20)14(16-17)12-6-4-5-7-15-12/h4-7,10H,8-9,11H2,1-3H3. The average Bonchev–Trinajstić information content (AvgIpc) is 2.88. The maximum atomic E-state index is 11.2. The van der Waals surface area contributed by atoms with Crippen molar-refractivity contribution < 1.29 is 9.66 Å². The highest BCUT2D eigenvalue weighted by atomic mass is 28.3. The van der Waals surface area contributed by atoms with Crippen LogP contribution in [0.2, 0.25) is 25.7 Å². The Morgan fingerprint density at radius 2 is 2.14 bits per heavy atom. The molecule has 0 amide bonds. The fraction of sp³-hybridized carbons (Fsp3) is 0.429. The maximum Gasteiger partial charge on any atom is 0.316 e. The minimum absolute atomic E-state index is 0.0625. The van der Waals surface area contributed by atoms with Crippen molar-refractivity contribution in [3.8, 4) is 11.4 Å². The van der Waals surface area contributed by atoms with Crippen LogP contribution >= 0.6 is 0 Å². The van der Waals surface area contributed by atoms with Gasteiger partial charge in [0.1, 0.15) is 12.9 Å². The summed E-state index contributed by atoms with van der Waals surface area (Å²) in [5.74, 6) is 0. The molecule has 0 saturated heterocycles. The van der Waals surface area contributed by atoms with Crippen LogP contribution in [0.3, 0.4) is 0 Å². The van der Waals surface area contributed by atoms with E-state index >= 15 is 0 Å². The molecule has 0 aromatic carbocycles. The number of aromatic nitrogens is 3. The second-order valence-corrected chi connectivity index (χ2v) is 11.8. The van der Waals surface area contributed by atoms with Crippen LogP contribution < -0.4 is 0 Å². The van der Waals surface area contributed by atoms with Gasteiger partial charge in [0.05, 0.1) is 10.6 Å². The van der Waals surface area contributed by atoms with Crippen molar-refractivity contribution >= 4 is 13.8 Å². The highest BCUT2D eigenvalue weighted by Gasteiger charge is 2.21. The highest BCUT2D eigenvalue weighted by Crippen LogP contribution is 2.26. The van der Waals surface area contributed by atoms with Gasteiger partial charge in [-0.05, 0) is 18.2 Å². The van der Waals surface area contributed by atoms with E-state index in [4.69, 9.17) is 4.74 Å². The molecule has 0 unspecified atom stereocenters. The molecule has 118 valence electrons. The fourth-order valence-corrected chi connectivity index (χ4v) is 2.59. The Bertz CT molecular complexity index is 637. The van der Waals surface area contributed by atoms with Crippen molar-refractivity contribution in [3.63, 3.8) is 0 Å². The predicted molar refractivity (Wildman–Crippen MR) is 86.2 cm³/mol. The number of ether oxygens (including phenoxy) is 1. The Morgan fingerprint density at radius 3 is 2.73 bits per heavy atom. The van der Waals surface area contributed by atoms with E-state index in [-0.39, 0.29) is 18.1 Å². The lowest BCUT2D eigenvalue weighted by molar-refractivity contribution is -0.384. The van der Waals surface area contributed by atoms with Crippen LogP contribution in [0.15, 0.2) is 30.6 Å². The van der Waals surface area contributed by atoms with Crippen LogP contribution in [0.4, 0.5) is 5.69 Å². The summed E-state index contributed by atoms with van der Waals surface area (Å²) in [6.45, 7) is 7.66. The number of hydrogen-bond donors (Lipinski definition) is 0. The first-order valence-electron chi connectivity index (χ1n) is 7.08. The minimum atomic E-state index is -1.14. The Morgan fingerprint density at radius 1 is 1.36 bits per heavy atom. The second-order valence-electron chi connectivity index (χ2n) is 6.22. The van der Waals surface area contributed by atoms with E-state index in [1.807, 2.05) is 0 Å². The molecule has 0 N–H and O–H groups in total. The smallest absolute Gasteiger partial charge is 0.316 e. The summed E-state index contributed by atoms with van der Waals surface area (Å²) < 4.78 is 7.02. The van der Waals surface area contributed by atoms with Crippen LogP contribution in [0.25, 0.3) is 11.4 Å². The zero-order valence-corrected chi connectivity index (χ0v) is 14.0. The van der Waals surface area contributed by atoms with Gasteiger partial charge in [-0.1, -0.05) is 25.7 Å². The Labute approximate surface area is 130 Å². The minimum Gasteiger partial charge on any atom is -0.360 e. The Hall–Kier alpha value is -2.06. The van der Waals surface area contributed by atoms with Gasteiger partial charge in [-0.3, -0.25) is 15.1 Å². The lowest BCUT2D eigenvalue weighted by Gasteiger charge is -2.15. The van der Waals surface area contributed by atoms with Gasteiger partial charge in [-0.2, -0.15) is 5.10 Å². The summed E-state index contributed by atoms with van der Waals surface area (Å²) >= 11 is 0. The molecule has 8 heteroatoms. The van der Waals surface area contributed by atoms with E-state index in [0.717, 1.165) is 6.04 Å². The Kier molecular flexibility index (Phi) is 5.04. The predicted octanol–water partition coefficient (Wildman–Crippen LogP) is 3.17. The molecule has 0 radical (unpaired) electrons. The second kappa shape index (κ2) is 6.80. The summed E-state index contributed by atoms with van der Waals surface area (Å²) in [6.07, 6.45) is 2.97. The van der Waals surface area contributed by atoms with E-state index < -0.39 is 13.0 Å². The zero-order valence-electron chi connectivity index (χ0n) is 13.0. The highest BCUT2D eigenvalue weighted by molar-refractivity contribution is 6.76. The van der Waals surface area contributed by atoms with Gasteiger partial charge in [0.15, 0.2) is 5.69 Å². The van der Waals surface area contributed by atoms with Crippen molar-refractivity contribution in [1.82, 2.24) is 14.8 Å². The molecule has 0 bridgehead atoms. The molecule has 0 fully saturated rings. The molecule has 2 aromatic rings. The largest absolute Gasteiger partial charge is 0.360 e. The van der Waals surface area contributed by atoms with Crippen molar-refractivity contribution in [3.05, 3.63) is 40.7 Å². The van der Waals surface area contributed by atoms with E-state index in [1.54, 1.807) is 24.4 Å². The number of hydrogen-bond acceptors (Lipinski definition) is 5. The fourth-order valence-electron chi connectivity index (χ4n) is 1.83. The third-order valence-corrected chi connectivity index (χ3v) is 4.77. The van der Waals surface area contributed by atoms with Crippen molar-refractivity contribution in [2.75, 3.05) is 6.61 Å². The van der Waals surface area contributed by atoms with Crippen LogP contribution in [-0.2, 0) is 11.5 Å². The molecule has 0 aliphatic rings. The Balaban J connectivity index is 2.09. The maximum absolute atomic E-state index is 11.2. The average molecular weight is 320 g/mol. The quantitative estimate of drug-likeness (QED) is 0.339. The van der Waals surface area contributed by atoms with Gasteiger partial charge in [-0.25, -0.2) is 4.68 Å². The third kappa shape index (κ3) is 4.47. The first-order chi connectivity index (χ1) is 10.4. The normalized spacial score (nSPS) is 11.6. The van der Waals surface area contributed by atoms with Crippen molar-refractivity contribution in [2.24, 2.45) is 0 Å². The number of nitro groups is 1. The van der Waals surface area contributed by atoms with Gasteiger partial charge < -0.3 is 4.74 Å². The number of rotatable bonds is 7. The molecule has 0 spiro atoms. The molecule has 7 nitrogen and oxygen atoms in total. The molecule has 0 aliphatic heterocycles. The van der Waals surface area contributed by atoms with Gasteiger partial charge in [-0.15, -0.1) is 0 Å². The summed E-state index contributed by atoms with van der Waals surface area (Å²) in [7, 11) is -1.14. The third-order valence-electron chi connectivity index (χ3n) is 3.07. The molecular weight excluding hydrogens is 300 g/mol. The molecule has 2 heterocycles.